The molecule has 7 heteroatoms. The molecule has 1 N–H and O–H groups in total. The third kappa shape index (κ3) is 3.13. The molecule has 1 fully saturated rings. The topological polar surface area (TPSA) is 57.6 Å². The number of carboxylic acid groups (broad SMARTS) is 1. The van der Waals surface area contributed by atoms with Gasteiger partial charge in [-0.3, -0.25) is 9.59 Å². The fourth-order valence-electron chi connectivity index (χ4n) is 2.81. The van der Waals surface area contributed by atoms with Crippen molar-refractivity contribution in [2.24, 2.45) is 17.8 Å². The van der Waals surface area contributed by atoms with E-state index in [2.05, 4.69) is 0 Å². The lowest BCUT2D eigenvalue weighted by atomic mass is 9.96. The number of rotatable bonds is 3. The molecule has 112 valence electrons. The van der Waals surface area contributed by atoms with Crippen molar-refractivity contribution in [3.8, 4) is 0 Å². The summed E-state index contributed by atoms with van der Waals surface area (Å²) in [6.45, 7) is -0.898. The molecule has 0 aromatic rings. The Labute approximate surface area is 114 Å². The molecule has 0 saturated carbocycles. The number of nitrogens with zero attached hydrogens (tertiary/aromatic N) is 1. The lowest BCUT2D eigenvalue weighted by Gasteiger charge is -2.19. The van der Waals surface area contributed by atoms with Crippen LogP contribution in [-0.2, 0) is 9.59 Å². The standard InChI is InChI=1S/C13H16F3NO3/c14-13(15,16)10-7-17(6-9(10)12(19)20)11(18)5-8-3-1-2-4-8/h1,3,8-10H,2,4-7H2,(H,19,20)/t8?,9-,10-/m1/s1. The Balaban J connectivity index is 2.01. The predicted molar refractivity (Wildman–Crippen MR) is 63.7 cm³/mol. The number of likely N-dealkylation sites (tertiary alicyclic amines) is 1. The first-order valence-corrected chi connectivity index (χ1v) is 6.53. The number of carboxylic acids is 1. The molecule has 4 nitrogen and oxygen atoms in total. The average molecular weight is 291 g/mol. The van der Waals surface area contributed by atoms with Gasteiger partial charge in [-0.2, -0.15) is 13.2 Å². The van der Waals surface area contributed by atoms with Gasteiger partial charge in [0.15, 0.2) is 0 Å². The van der Waals surface area contributed by atoms with Crippen molar-refractivity contribution in [2.75, 3.05) is 13.1 Å². The van der Waals surface area contributed by atoms with Crippen LogP contribution in [0, 0.1) is 17.8 Å². The summed E-state index contributed by atoms with van der Waals surface area (Å²) >= 11 is 0. The lowest BCUT2D eigenvalue weighted by Crippen LogP contribution is -2.34. The first kappa shape index (κ1) is 14.9. The highest BCUT2D eigenvalue weighted by Gasteiger charge is 2.53. The van der Waals surface area contributed by atoms with Crippen LogP contribution in [0.4, 0.5) is 13.2 Å². The van der Waals surface area contributed by atoms with E-state index in [-0.39, 0.29) is 24.8 Å². The molecule has 1 aliphatic heterocycles. The van der Waals surface area contributed by atoms with Gasteiger partial charge in [-0.1, -0.05) is 12.2 Å². The van der Waals surface area contributed by atoms with Crippen LogP contribution in [0.5, 0.6) is 0 Å². The van der Waals surface area contributed by atoms with E-state index in [4.69, 9.17) is 5.11 Å². The Morgan fingerprint density at radius 3 is 2.45 bits per heavy atom. The number of alkyl halides is 3. The van der Waals surface area contributed by atoms with Crippen LogP contribution < -0.4 is 0 Å². The van der Waals surface area contributed by atoms with Crippen LogP contribution in [0.25, 0.3) is 0 Å². The van der Waals surface area contributed by atoms with Gasteiger partial charge < -0.3 is 10.0 Å². The summed E-state index contributed by atoms with van der Waals surface area (Å²) in [6, 6.07) is 0. The largest absolute Gasteiger partial charge is 0.481 e. The molecule has 1 amide bonds. The number of halogens is 3. The summed E-state index contributed by atoms with van der Waals surface area (Å²) in [5.74, 6) is -5.35. The summed E-state index contributed by atoms with van der Waals surface area (Å²) in [6.07, 6.45) is 1.11. The maximum Gasteiger partial charge on any atom is 0.394 e. The molecule has 1 unspecified atom stereocenters. The van der Waals surface area contributed by atoms with E-state index in [0.717, 1.165) is 17.7 Å². The molecule has 1 heterocycles. The van der Waals surface area contributed by atoms with Gasteiger partial charge in [0.25, 0.3) is 0 Å². The van der Waals surface area contributed by atoms with Gasteiger partial charge in [-0.15, -0.1) is 0 Å². The zero-order chi connectivity index (χ0) is 14.9. The Morgan fingerprint density at radius 1 is 1.30 bits per heavy atom. The highest BCUT2D eigenvalue weighted by atomic mass is 19.4. The molecule has 3 atom stereocenters. The van der Waals surface area contributed by atoms with Gasteiger partial charge in [-0.05, 0) is 18.8 Å². The number of allylic oxidation sites excluding steroid dienone is 2. The van der Waals surface area contributed by atoms with Gasteiger partial charge in [0.05, 0.1) is 11.8 Å². The van der Waals surface area contributed by atoms with E-state index in [9.17, 15) is 22.8 Å². The second kappa shape index (κ2) is 5.46. The normalized spacial score (nSPS) is 29.9. The minimum atomic E-state index is -4.59. The van der Waals surface area contributed by atoms with E-state index in [1.165, 1.54) is 0 Å². The third-order valence-electron chi connectivity index (χ3n) is 3.96. The quantitative estimate of drug-likeness (QED) is 0.810. The Kier molecular flexibility index (Phi) is 4.06. The molecule has 1 saturated heterocycles. The first-order chi connectivity index (χ1) is 9.29. The van der Waals surface area contributed by atoms with Crippen LogP contribution in [0.2, 0.25) is 0 Å². The van der Waals surface area contributed by atoms with Gasteiger partial charge in [0.1, 0.15) is 0 Å². The molecular weight excluding hydrogens is 275 g/mol. The predicted octanol–water partition coefficient (Wildman–Crippen LogP) is 2.06. The third-order valence-corrected chi connectivity index (χ3v) is 3.96. The van der Waals surface area contributed by atoms with Crippen LogP contribution in [0.15, 0.2) is 12.2 Å². The molecule has 2 aliphatic rings. The fourth-order valence-corrected chi connectivity index (χ4v) is 2.81. The zero-order valence-electron chi connectivity index (χ0n) is 10.8. The number of hydrogen-bond acceptors (Lipinski definition) is 2. The number of amides is 1. The van der Waals surface area contributed by atoms with Crippen molar-refractivity contribution in [2.45, 2.75) is 25.4 Å². The molecular formula is C13H16F3NO3. The van der Waals surface area contributed by atoms with E-state index >= 15 is 0 Å². The monoisotopic (exact) mass is 291 g/mol. The molecule has 0 bridgehead atoms. The fraction of sp³-hybridized carbons (Fsp3) is 0.692. The smallest absolute Gasteiger partial charge is 0.394 e. The summed E-state index contributed by atoms with van der Waals surface area (Å²) in [7, 11) is 0. The Hall–Kier alpha value is -1.53. The van der Waals surface area contributed by atoms with E-state index < -0.39 is 30.5 Å². The number of hydrogen-bond donors (Lipinski definition) is 1. The van der Waals surface area contributed by atoms with Crippen LogP contribution in [-0.4, -0.2) is 41.1 Å². The number of carbonyl (C=O) groups excluding carboxylic acids is 1. The van der Waals surface area contributed by atoms with Gasteiger partial charge in [0.2, 0.25) is 5.91 Å². The van der Waals surface area contributed by atoms with Crippen LogP contribution in [0.1, 0.15) is 19.3 Å². The maximum absolute atomic E-state index is 12.8. The minimum absolute atomic E-state index is 0.0655. The second-order valence-corrected chi connectivity index (χ2v) is 5.36. The van der Waals surface area contributed by atoms with Crippen molar-refractivity contribution in [3.05, 3.63) is 12.2 Å². The summed E-state index contributed by atoms with van der Waals surface area (Å²) in [4.78, 5) is 23.9. The number of aliphatic carboxylic acids is 1. The summed E-state index contributed by atoms with van der Waals surface area (Å²) in [5.41, 5.74) is 0. The molecule has 0 radical (unpaired) electrons. The van der Waals surface area contributed by atoms with E-state index in [1.807, 2.05) is 12.2 Å². The zero-order valence-corrected chi connectivity index (χ0v) is 10.8. The Morgan fingerprint density at radius 2 is 2.00 bits per heavy atom. The second-order valence-electron chi connectivity index (χ2n) is 5.36. The molecule has 0 aromatic carbocycles. The summed E-state index contributed by atoms with van der Waals surface area (Å²) < 4.78 is 38.4. The maximum atomic E-state index is 12.8. The minimum Gasteiger partial charge on any atom is -0.481 e. The van der Waals surface area contributed by atoms with Crippen molar-refractivity contribution < 1.29 is 27.9 Å². The van der Waals surface area contributed by atoms with Crippen molar-refractivity contribution in [1.82, 2.24) is 4.90 Å². The van der Waals surface area contributed by atoms with Gasteiger partial charge in [-0.25, -0.2) is 0 Å². The highest BCUT2D eigenvalue weighted by Crippen LogP contribution is 2.38. The van der Waals surface area contributed by atoms with Crippen LogP contribution in [0.3, 0.4) is 0 Å². The van der Waals surface area contributed by atoms with Crippen molar-refractivity contribution in [3.63, 3.8) is 0 Å². The first-order valence-electron chi connectivity index (χ1n) is 6.53. The number of carbonyl (C=O) groups is 2. The van der Waals surface area contributed by atoms with Gasteiger partial charge in [0, 0.05) is 19.5 Å². The molecule has 20 heavy (non-hydrogen) atoms. The lowest BCUT2D eigenvalue weighted by molar-refractivity contribution is -0.188. The van der Waals surface area contributed by atoms with E-state index in [0.29, 0.717) is 0 Å². The summed E-state index contributed by atoms with van der Waals surface area (Å²) in [5, 5.41) is 8.88. The SMILES string of the molecule is O=C(O)[C@@H]1CN(C(=O)CC2C=CCC2)C[C@H]1C(F)(F)F. The van der Waals surface area contributed by atoms with Crippen LogP contribution >= 0.6 is 0 Å². The molecule has 0 aromatic heterocycles. The van der Waals surface area contributed by atoms with Gasteiger partial charge >= 0.3 is 12.1 Å². The Bertz CT molecular complexity index is 433. The highest BCUT2D eigenvalue weighted by molar-refractivity contribution is 5.79. The molecule has 1 aliphatic carbocycles. The molecule has 2 rings (SSSR count). The molecule has 0 spiro atoms. The average Bonchev–Trinajstić information content (AvgIpc) is 2.95. The van der Waals surface area contributed by atoms with Crippen molar-refractivity contribution >= 4 is 11.9 Å². The van der Waals surface area contributed by atoms with Crippen molar-refractivity contribution in [1.29, 1.82) is 0 Å². The van der Waals surface area contributed by atoms with E-state index in [1.54, 1.807) is 0 Å².